The molecule has 1 rings (SSSR count). The van der Waals surface area contributed by atoms with Crippen molar-refractivity contribution in [1.29, 1.82) is 0 Å². The van der Waals surface area contributed by atoms with Crippen LogP contribution in [0, 0.1) is 5.41 Å². The molecular formula is C12H20O2. The summed E-state index contributed by atoms with van der Waals surface area (Å²) in [7, 11) is 0. The minimum atomic E-state index is -0.625. The van der Waals surface area contributed by atoms with Crippen LogP contribution < -0.4 is 0 Å². The van der Waals surface area contributed by atoms with Crippen molar-refractivity contribution in [3.8, 4) is 0 Å². The van der Waals surface area contributed by atoms with E-state index in [0.717, 1.165) is 19.3 Å². The predicted molar refractivity (Wildman–Crippen MR) is 56.1 cm³/mol. The Labute approximate surface area is 86.1 Å². The van der Waals surface area contributed by atoms with Gasteiger partial charge in [-0.25, -0.2) is 0 Å². The zero-order chi connectivity index (χ0) is 10.6. The highest BCUT2D eigenvalue weighted by Crippen LogP contribution is 2.34. The summed E-state index contributed by atoms with van der Waals surface area (Å²) < 4.78 is 0. The number of hydrogen-bond acceptors (Lipinski definition) is 2. The van der Waals surface area contributed by atoms with E-state index in [1.165, 1.54) is 0 Å². The Morgan fingerprint density at radius 2 is 1.36 bits per heavy atom. The summed E-state index contributed by atoms with van der Waals surface area (Å²) in [6.45, 7) is 3.92. The van der Waals surface area contributed by atoms with Gasteiger partial charge in [0.15, 0.2) is 0 Å². The maximum Gasteiger partial charge on any atom is 0.146 e. The summed E-state index contributed by atoms with van der Waals surface area (Å²) in [5, 5.41) is 0. The largest absolute Gasteiger partial charge is 0.299 e. The van der Waals surface area contributed by atoms with Crippen LogP contribution in [0.4, 0.5) is 0 Å². The lowest BCUT2D eigenvalue weighted by molar-refractivity contribution is -0.142. The smallest absolute Gasteiger partial charge is 0.146 e. The summed E-state index contributed by atoms with van der Waals surface area (Å²) in [6.07, 6.45) is 5.53. The molecule has 1 aliphatic rings. The maximum absolute atomic E-state index is 11.9. The lowest BCUT2D eigenvalue weighted by atomic mass is 9.70. The fraction of sp³-hybridized carbons (Fsp3) is 0.833. The van der Waals surface area contributed by atoms with Gasteiger partial charge in [-0.05, 0) is 25.7 Å². The molecule has 80 valence electrons. The zero-order valence-corrected chi connectivity index (χ0v) is 9.27. The molecule has 0 spiro atoms. The quantitative estimate of drug-likeness (QED) is 0.636. The molecule has 0 aliphatic heterocycles. The Bertz CT molecular complexity index is 206. The van der Waals surface area contributed by atoms with Crippen molar-refractivity contribution in [2.45, 2.75) is 58.8 Å². The van der Waals surface area contributed by atoms with Crippen LogP contribution in [0.25, 0.3) is 0 Å². The van der Waals surface area contributed by atoms with Crippen molar-refractivity contribution in [2.24, 2.45) is 5.41 Å². The van der Waals surface area contributed by atoms with Crippen molar-refractivity contribution >= 4 is 11.6 Å². The monoisotopic (exact) mass is 196 g/mol. The summed E-state index contributed by atoms with van der Waals surface area (Å²) in [6, 6.07) is 0. The van der Waals surface area contributed by atoms with E-state index in [0.29, 0.717) is 25.7 Å². The van der Waals surface area contributed by atoms with E-state index in [1.807, 2.05) is 13.8 Å². The van der Waals surface area contributed by atoms with Crippen LogP contribution in [0.1, 0.15) is 58.8 Å². The van der Waals surface area contributed by atoms with Gasteiger partial charge >= 0.3 is 0 Å². The third-order valence-electron chi connectivity index (χ3n) is 3.58. The number of ketones is 2. The van der Waals surface area contributed by atoms with Gasteiger partial charge in [-0.3, -0.25) is 9.59 Å². The van der Waals surface area contributed by atoms with Gasteiger partial charge in [0, 0.05) is 12.8 Å². The first-order chi connectivity index (χ1) is 6.67. The minimum Gasteiger partial charge on any atom is -0.299 e. The Kier molecular flexibility index (Phi) is 3.85. The SMILES string of the molecule is CCC1(CC)C(=O)CCCCCC1=O. The molecule has 1 saturated carbocycles. The first-order valence-corrected chi connectivity index (χ1v) is 5.74. The van der Waals surface area contributed by atoms with Crippen LogP contribution in [0.3, 0.4) is 0 Å². The van der Waals surface area contributed by atoms with Crippen LogP contribution in [0.5, 0.6) is 0 Å². The lowest BCUT2D eigenvalue weighted by Crippen LogP contribution is -2.39. The first kappa shape index (κ1) is 11.4. The molecule has 0 radical (unpaired) electrons. The van der Waals surface area contributed by atoms with Gasteiger partial charge in [-0.2, -0.15) is 0 Å². The topological polar surface area (TPSA) is 34.1 Å². The highest BCUT2D eigenvalue weighted by atomic mass is 16.2. The molecule has 0 bridgehead atoms. The molecule has 0 amide bonds. The number of carbonyl (C=O) groups excluding carboxylic acids is 2. The molecule has 2 heteroatoms. The molecule has 0 aromatic carbocycles. The average molecular weight is 196 g/mol. The summed E-state index contributed by atoms with van der Waals surface area (Å²) in [5.74, 6) is 0.374. The lowest BCUT2D eigenvalue weighted by Gasteiger charge is -2.30. The van der Waals surface area contributed by atoms with E-state index >= 15 is 0 Å². The van der Waals surface area contributed by atoms with E-state index in [9.17, 15) is 9.59 Å². The molecule has 0 aromatic rings. The van der Waals surface area contributed by atoms with Gasteiger partial charge in [0.1, 0.15) is 11.6 Å². The average Bonchev–Trinajstić information content (AvgIpc) is 2.18. The maximum atomic E-state index is 11.9. The molecular weight excluding hydrogens is 176 g/mol. The van der Waals surface area contributed by atoms with E-state index in [1.54, 1.807) is 0 Å². The second kappa shape index (κ2) is 4.72. The highest BCUT2D eigenvalue weighted by molar-refractivity contribution is 6.07. The third-order valence-corrected chi connectivity index (χ3v) is 3.58. The van der Waals surface area contributed by atoms with E-state index in [4.69, 9.17) is 0 Å². The van der Waals surface area contributed by atoms with Crippen LogP contribution in [-0.2, 0) is 9.59 Å². The first-order valence-electron chi connectivity index (χ1n) is 5.74. The van der Waals surface area contributed by atoms with Gasteiger partial charge in [-0.15, -0.1) is 0 Å². The molecule has 0 atom stereocenters. The predicted octanol–water partition coefficient (Wildman–Crippen LogP) is 2.90. The Balaban J connectivity index is 2.91. The Morgan fingerprint density at radius 1 is 0.929 bits per heavy atom. The molecule has 1 fully saturated rings. The molecule has 0 aromatic heterocycles. The third kappa shape index (κ3) is 1.89. The summed E-state index contributed by atoms with van der Waals surface area (Å²) in [5.41, 5.74) is -0.625. The Morgan fingerprint density at radius 3 is 1.71 bits per heavy atom. The molecule has 1 aliphatic carbocycles. The standard InChI is InChI=1S/C12H20O2/c1-3-12(4-2)10(13)8-6-5-7-9-11(12)14/h3-9H2,1-2H3. The zero-order valence-electron chi connectivity index (χ0n) is 9.27. The molecule has 0 heterocycles. The molecule has 14 heavy (non-hydrogen) atoms. The van der Waals surface area contributed by atoms with Crippen LogP contribution in [-0.4, -0.2) is 11.6 Å². The number of rotatable bonds is 2. The summed E-state index contributed by atoms with van der Waals surface area (Å²) >= 11 is 0. The van der Waals surface area contributed by atoms with Gasteiger partial charge in [0.05, 0.1) is 5.41 Å². The van der Waals surface area contributed by atoms with Crippen molar-refractivity contribution < 1.29 is 9.59 Å². The molecule has 0 unspecified atom stereocenters. The van der Waals surface area contributed by atoms with Gasteiger partial charge in [0.25, 0.3) is 0 Å². The normalized spacial score (nSPS) is 23.0. The fourth-order valence-corrected chi connectivity index (χ4v) is 2.42. The number of hydrogen-bond donors (Lipinski definition) is 0. The molecule has 2 nitrogen and oxygen atoms in total. The van der Waals surface area contributed by atoms with E-state index in [-0.39, 0.29) is 11.6 Å². The molecule has 0 N–H and O–H groups in total. The fourth-order valence-electron chi connectivity index (χ4n) is 2.42. The number of carbonyl (C=O) groups is 2. The van der Waals surface area contributed by atoms with Gasteiger partial charge in [0.2, 0.25) is 0 Å². The van der Waals surface area contributed by atoms with Crippen LogP contribution >= 0.6 is 0 Å². The van der Waals surface area contributed by atoms with E-state index < -0.39 is 5.41 Å². The second-order valence-electron chi connectivity index (χ2n) is 4.20. The highest BCUT2D eigenvalue weighted by Gasteiger charge is 2.41. The van der Waals surface area contributed by atoms with Crippen LogP contribution in [0.15, 0.2) is 0 Å². The minimum absolute atomic E-state index is 0.187. The van der Waals surface area contributed by atoms with Crippen molar-refractivity contribution in [3.63, 3.8) is 0 Å². The van der Waals surface area contributed by atoms with Crippen LogP contribution in [0.2, 0.25) is 0 Å². The second-order valence-corrected chi connectivity index (χ2v) is 4.20. The van der Waals surface area contributed by atoms with Crippen molar-refractivity contribution in [3.05, 3.63) is 0 Å². The van der Waals surface area contributed by atoms with Gasteiger partial charge < -0.3 is 0 Å². The Hall–Kier alpha value is -0.660. The van der Waals surface area contributed by atoms with Crippen molar-refractivity contribution in [2.75, 3.05) is 0 Å². The molecule has 0 saturated heterocycles. The van der Waals surface area contributed by atoms with E-state index in [2.05, 4.69) is 0 Å². The van der Waals surface area contributed by atoms with Gasteiger partial charge in [-0.1, -0.05) is 20.3 Å². The summed E-state index contributed by atoms with van der Waals surface area (Å²) in [4.78, 5) is 23.9. The number of Topliss-reactive ketones (excluding diaryl/α,β-unsaturated/α-hetero) is 2. The van der Waals surface area contributed by atoms with Crippen molar-refractivity contribution in [1.82, 2.24) is 0 Å².